The molecular formula is C26H40N2O9S. The molecule has 1 rings (SSSR count). The average Bonchev–Trinajstić information content (AvgIpc) is 2.85. The molecule has 0 saturated carbocycles. The number of unbranched alkanes of at least 4 members (excludes halogenated alkanes) is 1. The van der Waals surface area contributed by atoms with Crippen LogP contribution in [0.5, 0.6) is 11.5 Å². The number of aliphatic hydroxyl groups is 2. The molecule has 38 heavy (non-hydrogen) atoms. The number of aldehydes is 1. The van der Waals surface area contributed by atoms with Gasteiger partial charge in [-0.15, -0.1) is 0 Å². The van der Waals surface area contributed by atoms with Crippen LogP contribution < -0.4 is 14.2 Å². The first kappa shape index (κ1) is 34.9. The molecule has 0 atom stereocenters. The van der Waals surface area contributed by atoms with Gasteiger partial charge in [0.25, 0.3) is 0 Å². The number of hydrogen-bond acceptors (Lipinski definition) is 9. The smallest absolute Gasteiger partial charge is 0.335 e. The van der Waals surface area contributed by atoms with Crippen LogP contribution in [-0.4, -0.2) is 76.7 Å². The number of hydrogen-bond donors (Lipinski definition) is 5. The lowest BCUT2D eigenvalue weighted by atomic mass is 10.1. The van der Waals surface area contributed by atoms with Crippen LogP contribution in [0.25, 0.3) is 0 Å². The van der Waals surface area contributed by atoms with Crippen LogP contribution in [-0.2, 0) is 14.4 Å². The van der Waals surface area contributed by atoms with Gasteiger partial charge >= 0.3 is 5.97 Å². The Bertz CT molecular complexity index is 943. The Morgan fingerprint density at radius 2 is 1.84 bits per heavy atom. The average molecular weight is 557 g/mol. The first-order valence-corrected chi connectivity index (χ1v) is 12.5. The third-order valence-corrected chi connectivity index (χ3v) is 5.04. The van der Waals surface area contributed by atoms with Crippen LogP contribution >= 0.6 is 12.9 Å². The number of amides is 2. The van der Waals surface area contributed by atoms with Gasteiger partial charge in [-0.1, -0.05) is 13.8 Å². The Balaban J connectivity index is 0.00000203. The summed E-state index contributed by atoms with van der Waals surface area (Å²) < 4.78 is 10.7. The third kappa shape index (κ3) is 15.2. The van der Waals surface area contributed by atoms with Gasteiger partial charge in [0.05, 0.1) is 30.1 Å². The van der Waals surface area contributed by atoms with Crippen molar-refractivity contribution in [1.82, 2.24) is 4.90 Å². The number of nitrogens with one attached hydrogen (secondary N) is 1. The highest BCUT2D eigenvalue weighted by Crippen LogP contribution is 2.38. The summed E-state index contributed by atoms with van der Waals surface area (Å²) in [5.74, 6) is -1.11. The van der Waals surface area contributed by atoms with Crippen molar-refractivity contribution >= 4 is 42.7 Å². The van der Waals surface area contributed by atoms with E-state index in [0.29, 0.717) is 38.2 Å². The molecule has 0 fully saturated rings. The summed E-state index contributed by atoms with van der Waals surface area (Å²) in [5.41, 5.74) is -0.793. The van der Waals surface area contributed by atoms with Crippen LogP contribution in [0.3, 0.4) is 0 Å². The maximum atomic E-state index is 12.4. The second kappa shape index (κ2) is 18.2. The van der Waals surface area contributed by atoms with E-state index in [2.05, 4.69) is 18.2 Å². The lowest BCUT2D eigenvalue weighted by Crippen LogP contribution is -2.26. The van der Waals surface area contributed by atoms with Crippen molar-refractivity contribution in [2.45, 2.75) is 59.0 Å². The molecule has 214 valence electrons. The van der Waals surface area contributed by atoms with Crippen molar-refractivity contribution in [2.24, 2.45) is 5.92 Å². The van der Waals surface area contributed by atoms with Crippen LogP contribution in [0.15, 0.2) is 24.3 Å². The summed E-state index contributed by atoms with van der Waals surface area (Å²) >= 11 is 3.78. The van der Waals surface area contributed by atoms with E-state index in [-0.39, 0.29) is 47.6 Å². The summed E-state index contributed by atoms with van der Waals surface area (Å²) in [5, 5.41) is 28.8. The molecule has 0 aliphatic carbocycles. The first-order chi connectivity index (χ1) is 17.7. The minimum Gasteiger partial charge on any atom is -0.488 e. The number of anilines is 1. The van der Waals surface area contributed by atoms with Gasteiger partial charge in [0.1, 0.15) is 6.29 Å². The Kier molecular flexibility index (Phi) is 16.7. The van der Waals surface area contributed by atoms with Gasteiger partial charge in [0, 0.05) is 45.1 Å². The van der Waals surface area contributed by atoms with Crippen LogP contribution in [0.2, 0.25) is 0 Å². The number of likely N-dealkylation sites (N-methyl/N-ethyl adjacent to an activating group) is 1. The minimum atomic E-state index is -1.18. The summed E-state index contributed by atoms with van der Waals surface area (Å²) in [6.07, 6.45) is 4.82. The maximum Gasteiger partial charge on any atom is 0.335 e. The lowest BCUT2D eigenvalue weighted by molar-refractivity contribution is -0.125. The largest absolute Gasteiger partial charge is 0.488 e. The molecule has 0 bridgehead atoms. The Morgan fingerprint density at radius 3 is 2.34 bits per heavy atom. The number of benzene rings is 1. The van der Waals surface area contributed by atoms with Crippen LogP contribution in [0.4, 0.5) is 5.69 Å². The predicted molar refractivity (Wildman–Crippen MR) is 147 cm³/mol. The maximum absolute atomic E-state index is 12.4. The number of ether oxygens (including phenoxy) is 1. The molecule has 1 aromatic rings. The van der Waals surface area contributed by atoms with Crippen LogP contribution in [0, 0.1) is 5.92 Å². The highest BCUT2D eigenvalue weighted by Gasteiger charge is 2.19. The summed E-state index contributed by atoms with van der Waals surface area (Å²) in [6, 6.07) is 2.59. The number of aliphatic hydroxyl groups excluding tert-OH is 1. The second-order valence-corrected chi connectivity index (χ2v) is 9.69. The van der Waals surface area contributed by atoms with Gasteiger partial charge in [0.2, 0.25) is 11.8 Å². The number of carbonyl (C=O) groups is 4. The number of allylic oxidation sites excluding steroid dienone is 1. The fraction of sp³-hybridized carbons (Fsp3) is 0.538. The van der Waals surface area contributed by atoms with E-state index in [1.807, 2.05) is 13.8 Å². The van der Waals surface area contributed by atoms with Gasteiger partial charge < -0.3 is 34.5 Å². The Morgan fingerprint density at radius 1 is 1.21 bits per heavy atom. The van der Waals surface area contributed by atoms with E-state index in [1.165, 1.54) is 23.1 Å². The standard InChI is InChI=1S/C22H30N2O7S.C4H10O2/c1-15(2)9-12-30-21-17(13-16(22(28)29)14-18(21)31-32)23-19(26)7-4-5-10-24(3)20(27)8-6-11-25;1-4(2,6)3-5/h6,8,11,13-15,32H,4-5,7,9-10,12H2,1-3H3,(H,23,26)(H,28,29);5-6H,3H2,1-2H3/b8-6-;. The van der Waals surface area contributed by atoms with Crippen molar-refractivity contribution in [2.75, 3.05) is 32.1 Å². The number of carbonyl (C=O) groups excluding carboxylic acids is 3. The molecule has 0 aromatic heterocycles. The predicted octanol–water partition coefficient (Wildman–Crippen LogP) is 3.11. The Hall–Kier alpha value is -3.09. The molecule has 11 nitrogen and oxygen atoms in total. The molecule has 0 heterocycles. The Labute approximate surface area is 229 Å². The monoisotopic (exact) mass is 556 g/mol. The molecule has 0 radical (unpaired) electrons. The topological polar surface area (TPSA) is 163 Å². The van der Waals surface area contributed by atoms with Crippen molar-refractivity contribution in [3.8, 4) is 11.5 Å². The van der Waals surface area contributed by atoms with E-state index in [9.17, 15) is 24.3 Å². The SMILES string of the molecule is CC(C)(O)CO.CC(C)CCOc1c(NC(=O)CCCCN(C)C(=O)/C=C\C=O)cc(C(=O)O)cc1OS. The zero-order chi connectivity index (χ0) is 29.3. The molecule has 0 aliphatic rings. The van der Waals surface area contributed by atoms with E-state index in [0.717, 1.165) is 12.5 Å². The highest BCUT2D eigenvalue weighted by molar-refractivity contribution is 7.75. The summed E-state index contributed by atoms with van der Waals surface area (Å²) in [4.78, 5) is 47.3. The van der Waals surface area contributed by atoms with Crippen molar-refractivity contribution in [3.63, 3.8) is 0 Å². The minimum absolute atomic E-state index is 0.0796. The highest BCUT2D eigenvalue weighted by atomic mass is 32.1. The van der Waals surface area contributed by atoms with E-state index in [4.69, 9.17) is 19.1 Å². The number of nitrogens with zero attached hydrogens (tertiary/aromatic N) is 1. The molecule has 4 N–H and O–H groups in total. The van der Waals surface area contributed by atoms with Crippen LogP contribution in [0.1, 0.15) is 63.7 Å². The third-order valence-electron chi connectivity index (χ3n) is 4.84. The molecule has 2 amide bonds. The lowest BCUT2D eigenvalue weighted by Gasteiger charge is -2.17. The van der Waals surface area contributed by atoms with Crippen molar-refractivity contribution in [1.29, 1.82) is 0 Å². The fourth-order valence-corrected chi connectivity index (χ4v) is 2.77. The van der Waals surface area contributed by atoms with Crippen molar-refractivity contribution in [3.05, 3.63) is 29.8 Å². The van der Waals surface area contributed by atoms with E-state index >= 15 is 0 Å². The first-order valence-electron chi connectivity index (χ1n) is 12.1. The molecule has 1 aromatic carbocycles. The van der Waals surface area contributed by atoms with Gasteiger partial charge in [0.15, 0.2) is 11.5 Å². The number of carboxylic acids is 1. The van der Waals surface area contributed by atoms with E-state index < -0.39 is 11.6 Å². The quantitative estimate of drug-likeness (QED) is 0.0718. The molecule has 12 heteroatoms. The molecule has 0 unspecified atom stereocenters. The fourth-order valence-electron chi connectivity index (χ4n) is 2.64. The summed E-state index contributed by atoms with van der Waals surface area (Å²) in [6.45, 7) is 7.78. The van der Waals surface area contributed by atoms with Gasteiger partial charge in [-0.05, 0) is 51.2 Å². The number of thiol groups is 1. The zero-order valence-corrected chi connectivity index (χ0v) is 23.5. The number of aromatic carboxylic acids is 1. The van der Waals surface area contributed by atoms with Crippen molar-refractivity contribution < 1.29 is 43.4 Å². The molecule has 0 aliphatic heterocycles. The van der Waals surface area contributed by atoms with Gasteiger partial charge in [-0.2, -0.15) is 0 Å². The molecular weight excluding hydrogens is 516 g/mol. The van der Waals surface area contributed by atoms with Gasteiger partial charge in [-0.25, -0.2) is 4.79 Å². The second-order valence-electron chi connectivity index (χ2n) is 9.51. The number of carboxylic acid groups (broad SMARTS) is 1. The number of rotatable bonds is 15. The van der Waals surface area contributed by atoms with Gasteiger partial charge in [-0.3, -0.25) is 14.4 Å². The summed E-state index contributed by atoms with van der Waals surface area (Å²) in [7, 11) is 1.61. The molecule has 0 saturated heterocycles. The molecule has 0 spiro atoms. The zero-order valence-electron chi connectivity index (χ0n) is 22.6. The normalized spacial score (nSPS) is 11.0. The van der Waals surface area contributed by atoms with E-state index in [1.54, 1.807) is 20.9 Å².